The summed E-state index contributed by atoms with van der Waals surface area (Å²) in [7, 11) is 0. The Balaban J connectivity index is 0.00000133. The van der Waals surface area contributed by atoms with Gasteiger partial charge in [-0.1, -0.05) is 11.2 Å². The van der Waals surface area contributed by atoms with E-state index in [1.807, 2.05) is 17.8 Å². The molecule has 0 aromatic carbocycles. The second kappa shape index (κ2) is 7.28. The normalized spacial score (nSPS) is 19.1. The smallest absolute Gasteiger partial charge is 0.228 e. The monoisotopic (exact) mass is 317 g/mol. The SMILES string of the molecule is Cl.c1csc(Cc2noc(CC3CSCCN3)n2)c1. The Morgan fingerprint density at radius 1 is 1.47 bits per heavy atom. The van der Waals surface area contributed by atoms with Gasteiger partial charge in [0.05, 0.1) is 0 Å². The van der Waals surface area contributed by atoms with Gasteiger partial charge in [-0.15, -0.1) is 23.7 Å². The second-order valence-corrected chi connectivity index (χ2v) is 6.47. The Morgan fingerprint density at radius 2 is 2.42 bits per heavy atom. The summed E-state index contributed by atoms with van der Waals surface area (Å²) < 4.78 is 5.31. The third-order valence-corrected chi connectivity index (χ3v) is 4.85. The lowest BCUT2D eigenvalue weighted by molar-refractivity contribution is 0.359. The largest absolute Gasteiger partial charge is 0.339 e. The highest BCUT2D eigenvalue weighted by Gasteiger charge is 2.17. The first-order chi connectivity index (χ1) is 8.90. The van der Waals surface area contributed by atoms with Gasteiger partial charge in [-0.05, 0) is 11.4 Å². The molecular formula is C12H16ClN3OS2. The van der Waals surface area contributed by atoms with Crippen molar-refractivity contribution < 1.29 is 4.52 Å². The van der Waals surface area contributed by atoms with Crippen molar-refractivity contribution in [3.05, 3.63) is 34.1 Å². The van der Waals surface area contributed by atoms with Gasteiger partial charge in [-0.2, -0.15) is 16.7 Å². The Labute approximate surface area is 126 Å². The van der Waals surface area contributed by atoms with Gasteiger partial charge in [0.15, 0.2) is 5.82 Å². The predicted molar refractivity (Wildman–Crippen MR) is 81.5 cm³/mol. The third kappa shape index (κ3) is 4.21. The van der Waals surface area contributed by atoms with Crippen LogP contribution in [0.1, 0.15) is 16.6 Å². The lowest BCUT2D eigenvalue weighted by atomic mass is 10.2. The summed E-state index contributed by atoms with van der Waals surface area (Å²) in [6.07, 6.45) is 1.61. The van der Waals surface area contributed by atoms with Crippen LogP contribution in [0.15, 0.2) is 22.0 Å². The maximum atomic E-state index is 5.31. The summed E-state index contributed by atoms with van der Waals surface area (Å²) in [4.78, 5) is 5.73. The fourth-order valence-electron chi connectivity index (χ4n) is 1.98. The Hall–Kier alpha value is -0.560. The second-order valence-electron chi connectivity index (χ2n) is 4.29. The van der Waals surface area contributed by atoms with E-state index in [9.17, 15) is 0 Å². The van der Waals surface area contributed by atoms with E-state index in [0.29, 0.717) is 6.04 Å². The summed E-state index contributed by atoms with van der Waals surface area (Å²) >= 11 is 3.71. The minimum Gasteiger partial charge on any atom is -0.339 e. The average Bonchev–Trinajstić information content (AvgIpc) is 3.03. The van der Waals surface area contributed by atoms with Crippen LogP contribution in [-0.2, 0) is 12.8 Å². The highest BCUT2D eigenvalue weighted by Crippen LogP contribution is 2.15. The van der Waals surface area contributed by atoms with Crippen molar-refractivity contribution in [1.29, 1.82) is 0 Å². The number of thioether (sulfide) groups is 1. The van der Waals surface area contributed by atoms with Gasteiger partial charge in [-0.3, -0.25) is 0 Å². The molecule has 0 bridgehead atoms. The van der Waals surface area contributed by atoms with Crippen LogP contribution in [0.5, 0.6) is 0 Å². The number of nitrogens with zero attached hydrogens (tertiary/aromatic N) is 2. The summed E-state index contributed by atoms with van der Waals surface area (Å²) in [6.45, 7) is 1.07. The molecule has 1 atom stereocenters. The van der Waals surface area contributed by atoms with Crippen molar-refractivity contribution in [2.45, 2.75) is 18.9 Å². The first kappa shape index (κ1) is 14.8. The molecule has 1 fully saturated rings. The molecule has 3 heterocycles. The van der Waals surface area contributed by atoms with Crippen LogP contribution in [0, 0.1) is 0 Å². The molecule has 19 heavy (non-hydrogen) atoms. The summed E-state index contributed by atoms with van der Waals surface area (Å²) in [5.74, 6) is 3.87. The number of hydrogen-bond donors (Lipinski definition) is 1. The van der Waals surface area contributed by atoms with Crippen molar-refractivity contribution >= 4 is 35.5 Å². The summed E-state index contributed by atoms with van der Waals surface area (Å²) in [6, 6.07) is 4.61. The zero-order valence-corrected chi connectivity index (χ0v) is 12.8. The van der Waals surface area contributed by atoms with Crippen LogP contribution in [0.25, 0.3) is 0 Å². The van der Waals surface area contributed by atoms with Crippen molar-refractivity contribution in [3.8, 4) is 0 Å². The Kier molecular flexibility index (Phi) is 5.69. The fraction of sp³-hybridized carbons (Fsp3) is 0.500. The Bertz CT molecular complexity index is 483. The molecule has 1 aliphatic rings. The van der Waals surface area contributed by atoms with Crippen molar-refractivity contribution in [2.24, 2.45) is 0 Å². The maximum Gasteiger partial charge on any atom is 0.228 e. The quantitative estimate of drug-likeness (QED) is 0.938. The van der Waals surface area contributed by atoms with Crippen LogP contribution < -0.4 is 5.32 Å². The average molecular weight is 318 g/mol. The fourth-order valence-corrected chi connectivity index (χ4v) is 3.63. The van der Waals surface area contributed by atoms with Crippen molar-refractivity contribution in [2.75, 3.05) is 18.1 Å². The predicted octanol–water partition coefficient (Wildman–Crippen LogP) is 2.39. The molecule has 7 heteroatoms. The number of halogens is 1. The number of nitrogens with one attached hydrogen (secondary N) is 1. The molecule has 2 aromatic rings. The topological polar surface area (TPSA) is 51.0 Å². The maximum absolute atomic E-state index is 5.31. The Morgan fingerprint density at radius 3 is 3.16 bits per heavy atom. The lowest BCUT2D eigenvalue weighted by Gasteiger charge is -2.21. The van der Waals surface area contributed by atoms with E-state index in [4.69, 9.17) is 4.52 Å². The first-order valence-corrected chi connectivity index (χ1v) is 8.08. The van der Waals surface area contributed by atoms with Gasteiger partial charge in [0.25, 0.3) is 0 Å². The van der Waals surface area contributed by atoms with Crippen LogP contribution in [-0.4, -0.2) is 34.2 Å². The van der Waals surface area contributed by atoms with Gasteiger partial charge in [0.1, 0.15) is 0 Å². The van der Waals surface area contributed by atoms with Crippen molar-refractivity contribution in [1.82, 2.24) is 15.5 Å². The highest BCUT2D eigenvalue weighted by atomic mass is 35.5. The van der Waals surface area contributed by atoms with Gasteiger partial charge < -0.3 is 9.84 Å². The molecule has 0 saturated carbocycles. The summed E-state index contributed by atoms with van der Waals surface area (Å²) in [5.41, 5.74) is 0. The van der Waals surface area contributed by atoms with Crippen LogP contribution in [0.3, 0.4) is 0 Å². The summed E-state index contributed by atoms with van der Waals surface area (Å²) in [5, 5.41) is 9.59. The minimum absolute atomic E-state index is 0. The first-order valence-electron chi connectivity index (χ1n) is 6.05. The molecule has 104 valence electrons. The third-order valence-electron chi connectivity index (χ3n) is 2.84. The molecule has 1 N–H and O–H groups in total. The molecule has 0 spiro atoms. The zero-order valence-electron chi connectivity index (χ0n) is 10.4. The molecule has 2 aromatic heterocycles. The van der Waals surface area contributed by atoms with Gasteiger partial charge in [0, 0.05) is 41.8 Å². The lowest BCUT2D eigenvalue weighted by Crippen LogP contribution is -2.38. The number of aromatic nitrogens is 2. The van der Waals surface area contributed by atoms with Crippen LogP contribution in [0.2, 0.25) is 0 Å². The van der Waals surface area contributed by atoms with Gasteiger partial charge in [-0.25, -0.2) is 0 Å². The zero-order chi connectivity index (χ0) is 12.2. The molecule has 4 nitrogen and oxygen atoms in total. The van der Waals surface area contributed by atoms with Crippen LogP contribution in [0.4, 0.5) is 0 Å². The molecule has 0 amide bonds. The van der Waals surface area contributed by atoms with Gasteiger partial charge in [0.2, 0.25) is 5.89 Å². The van der Waals surface area contributed by atoms with E-state index in [-0.39, 0.29) is 12.4 Å². The molecule has 0 aliphatic carbocycles. The standard InChI is InChI=1S/C12H15N3OS2.ClH/c1-2-10(18-4-1)7-11-14-12(16-15-11)6-9-8-17-5-3-13-9;/h1-2,4,9,13H,3,5-8H2;1H. The number of thiophene rings is 1. The molecule has 1 aliphatic heterocycles. The molecular weight excluding hydrogens is 302 g/mol. The van der Waals surface area contributed by atoms with E-state index < -0.39 is 0 Å². The number of rotatable bonds is 4. The van der Waals surface area contributed by atoms with Crippen molar-refractivity contribution in [3.63, 3.8) is 0 Å². The molecule has 1 unspecified atom stereocenters. The van der Waals surface area contributed by atoms with E-state index in [2.05, 4.69) is 26.9 Å². The van der Waals surface area contributed by atoms with E-state index in [1.54, 1.807) is 11.3 Å². The minimum atomic E-state index is 0. The highest BCUT2D eigenvalue weighted by molar-refractivity contribution is 7.99. The van der Waals surface area contributed by atoms with E-state index in [0.717, 1.165) is 36.9 Å². The van der Waals surface area contributed by atoms with E-state index in [1.165, 1.54) is 10.6 Å². The van der Waals surface area contributed by atoms with E-state index >= 15 is 0 Å². The van der Waals surface area contributed by atoms with Gasteiger partial charge >= 0.3 is 0 Å². The number of hydrogen-bond acceptors (Lipinski definition) is 6. The molecule has 3 rings (SSSR count). The molecule has 0 radical (unpaired) electrons. The van der Waals surface area contributed by atoms with Crippen LogP contribution >= 0.6 is 35.5 Å². The molecule has 1 saturated heterocycles.